The normalized spacial score (nSPS) is 13.1. The first kappa shape index (κ1) is 16.5. The molecule has 0 aliphatic carbocycles. The average molecular weight is 288 g/mol. The third kappa shape index (κ3) is 4.85. The first-order valence-corrected chi connectivity index (χ1v) is 6.50. The Morgan fingerprint density at radius 3 is 2.60 bits per heavy atom. The van der Waals surface area contributed by atoms with Gasteiger partial charge in [0.15, 0.2) is 0 Å². The third-order valence-electron chi connectivity index (χ3n) is 3.04. The van der Waals surface area contributed by atoms with Crippen molar-refractivity contribution >= 4 is 5.91 Å². The van der Waals surface area contributed by atoms with Gasteiger partial charge in [0.25, 0.3) is 5.91 Å². The van der Waals surface area contributed by atoms with Crippen molar-refractivity contribution in [3.8, 4) is 0 Å². The fourth-order valence-corrected chi connectivity index (χ4v) is 1.79. The van der Waals surface area contributed by atoms with E-state index in [1.54, 1.807) is 0 Å². The molecule has 1 rings (SSSR count). The van der Waals surface area contributed by atoms with Crippen molar-refractivity contribution in [2.75, 3.05) is 13.1 Å². The molecule has 0 aromatic heterocycles. The molecule has 1 aromatic carbocycles. The fraction of sp³-hybridized carbons (Fsp3) is 0.500. The number of benzene rings is 1. The maximum atomic E-state index is 12.8. The second-order valence-electron chi connectivity index (χ2n) is 4.78. The standard InChI is InChI=1S/C14H19F3N2O/c1-10(9-18)5-4-8-19-13(20)11-6-2-3-7-12(11)14(15,16)17/h2-3,6-7,10H,4-5,8-9,18H2,1H3,(H,19,20). The molecular weight excluding hydrogens is 269 g/mol. The van der Waals surface area contributed by atoms with Crippen molar-refractivity contribution in [3.05, 3.63) is 35.4 Å². The van der Waals surface area contributed by atoms with Crippen LogP contribution < -0.4 is 11.1 Å². The molecule has 1 amide bonds. The molecule has 1 atom stereocenters. The molecule has 0 saturated carbocycles. The number of hydrogen-bond donors (Lipinski definition) is 2. The Morgan fingerprint density at radius 2 is 2.00 bits per heavy atom. The highest BCUT2D eigenvalue weighted by molar-refractivity contribution is 5.95. The van der Waals surface area contributed by atoms with Crippen molar-refractivity contribution in [3.63, 3.8) is 0 Å². The summed E-state index contributed by atoms with van der Waals surface area (Å²) >= 11 is 0. The van der Waals surface area contributed by atoms with E-state index in [1.807, 2.05) is 6.92 Å². The summed E-state index contributed by atoms with van der Waals surface area (Å²) in [5.74, 6) is -0.354. The Kier molecular flexibility index (Phi) is 6.01. The van der Waals surface area contributed by atoms with Crippen LogP contribution in [0.3, 0.4) is 0 Å². The molecule has 1 unspecified atom stereocenters. The molecule has 0 spiro atoms. The zero-order chi connectivity index (χ0) is 15.2. The lowest BCUT2D eigenvalue weighted by Gasteiger charge is -2.13. The van der Waals surface area contributed by atoms with E-state index in [1.165, 1.54) is 18.2 Å². The predicted molar refractivity (Wildman–Crippen MR) is 71.2 cm³/mol. The maximum absolute atomic E-state index is 12.8. The third-order valence-corrected chi connectivity index (χ3v) is 3.04. The molecule has 3 nitrogen and oxygen atoms in total. The topological polar surface area (TPSA) is 55.1 Å². The van der Waals surface area contributed by atoms with E-state index in [2.05, 4.69) is 5.32 Å². The second-order valence-corrected chi connectivity index (χ2v) is 4.78. The van der Waals surface area contributed by atoms with E-state index < -0.39 is 17.6 Å². The highest BCUT2D eigenvalue weighted by atomic mass is 19.4. The van der Waals surface area contributed by atoms with Crippen molar-refractivity contribution in [2.45, 2.75) is 25.9 Å². The zero-order valence-electron chi connectivity index (χ0n) is 11.3. The minimum atomic E-state index is -4.53. The first-order chi connectivity index (χ1) is 9.36. The Balaban J connectivity index is 2.60. The lowest BCUT2D eigenvalue weighted by Crippen LogP contribution is -2.27. The number of carbonyl (C=O) groups excluding carboxylic acids is 1. The molecule has 0 saturated heterocycles. The Labute approximate surface area is 116 Å². The number of nitrogens with two attached hydrogens (primary N) is 1. The van der Waals surface area contributed by atoms with E-state index in [-0.39, 0.29) is 5.56 Å². The predicted octanol–water partition coefficient (Wildman–Crippen LogP) is 2.81. The van der Waals surface area contributed by atoms with Crippen LogP contribution in [-0.2, 0) is 6.18 Å². The molecule has 112 valence electrons. The van der Waals surface area contributed by atoms with Gasteiger partial charge in [-0.15, -0.1) is 0 Å². The Bertz CT molecular complexity index is 446. The van der Waals surface area contributed by atoms with Crippen molar-refractivity contribution < 1.29 is 18.0 Å². The van der Waals surface area contributed by atoms with Gasteiger partial charge in [-0.3, -0.25) is 4.79 Å². The monoisotopic (exact) mass is 288 g/mol. The van der Waals surface area contributed by atoms with Crippen LogP contribution in [0.15, 0.2) is 24.3 Å². The summed E-state index contributed by atoms with van der Waals surface area (Å²) in [6.07, 6.45) is -3.00. The molecular formula is C14H19F3N2O. The number of alkyl halides is 3. The molecule has 20 heavy (non-hydrogen) atoms. The van der Waals surface area contributed by atoms with Gasteiger partial charge < -0.3 is 11.1 Å². The number of nitrogens with one attached hydrogen (secondary N) is 1. The van der Waals surface area contributed by atoms with Crippen LogP contribution in [0.5, 0.6) is 0 Å². The maximum Gasteiger partial charge on any atom is 0.417 e. The minimum absolute atomic E-state index is 0.341. The molecule has 0 heterocycles. The summed E-state index contributed by atoms with van der Waals surface area (Å²) in [5.41, 5.74) is 4.21. The summed E-state index contributed by atoms with van der Waals surface area (Å²) in [6.45, 7) is 2.89. The van der Waals surface area contributed by atoms with E-state index in [0.717, 1.165) is 12.5 Å². The van der Waals surface area contributed by atoms with Crippen molar-refractivity contribution in [1.82, 2.24) is 5.32 Å². The highest BCUT2D eigenvalue weighted by Crippen LogP contribution is 2.31. The van der Waals surface area contributed by atoms with Crippen molar-refractivity contribution in [2.24, 2.45) is 11.7 Å². The van der Waals surface area contributed by atoms with Gasteiger partial charge in [-0.25, -0.2) is 0 Å². The molecule has 0 radical (unpaired) electrons. The number of rotatable bonds is 6. The number of halogens is 3. The molecule has 0 aliphatic rings. The fourth-order valence-electron chi connectivity index (χ4n) is 1.79. The number of hydrogen-bond acceptors (Lipinski definition) is 2. The molecule has 3 N–H and O–H groups in total. The van der Waals surface area contributed by atoms with Gasteiger partial charge in [0.05, 0.1) is 11.1 Å². The van der Waals surface area contributed by atoms with Crippen LogP contribution in [0.2, 0.25) is 0 Å². The van der Waals surface area contributed by atoms with E-state index in [9.17, 15) is 18.0 Å². The van der Waals surface area contributed by atoms with Gasteiger partial charge in [0, 0.05) is 6.54 Å². The molecule has 6 heteroatoms. The Hall–Kier alpha value is -1.56. The lowest BCUT2D eigenvalue weighted by molar-refractivity contribution is -0.137. The summed E-state index contributed by atoms with van der Waals surface area (Å²) in [7, 11) is 0. The van der Waals surface area contributed by atoms with E-state index in [0.29, 0.717) is 25.4 Å². The van der Waals surface area contributed by atoms with Gasteiger partial charge >= 0.3 is 6.18 Å². The smallest absolute Gasteiger partial charge is 0.352 e. The number of carbonyl (C=O) groups is 1. The van der Waals surface area contributed by atoms with Gasteiger partial charge in [0.2, 0.25) is 0 Å². The Morgan fingerprint density at radius 1 is 1.35 bits per heavy atom. The SMILES string of the molecule is CC(CN)CCCNC(=O)c1ccccc1C(F)(F)F. The lowest BCUT2D eigenvalue weighted by atomic mass is 10.1. The molecule has 0 aliphatic heterocycles. The largest absolute Gasteiger partial charge is 0.417 e. The van der Waals surface area contributed by atoms with Gasteiger partial charge in [-0.05, 0) is 37.4 Å². The zero-order valence-corrected chi connectivity index (χ0v) is 11.3. The van der Waals surface area contributed by atoms with Gasteiger partial charge in [-0.2, -0.15) is 13.2 Å². The van der Waals surface area contributed by atoms with Crippen molar-refractivity contribution in [1.29, 1.82) is 0 Å². The average Bonchev–Trinajstić information content (AvgIpc) is 2.42. The van der Waals surface area contributed by atoms with Crippen LogP contribution in [0.25, 0.3) is 0 Å². The van der Waals surface area contributed by atoms with Gasteiger partial charge in [0.1, 0.15) is 0 Å². The highest BCUT2D eigenvalue weighted by Gasteiger charge is 2.34. The van der Waals surface area contributed by atoms with E-state index in [4.69, 9.17) is 5.73 Å². The molecule has 0 bridgehead atoms. The summed E-state index contributed by atoms with van der Waals surface area (Å²) in [4.78, 5) is 11.8. The molecule has 1 aromatic rings. The number of amides is 1. The van der Waals surface area contributed by atoms with Crippen LogP contribution in [0.1, 0.15) is 35.7 Å². The molecule has 0 fully saturated rings. The quantitative estimate of drug-likeness (QED) is 0.791. The minimum Gasteiger partial charge on any atom is -0.352 e. The summed E-state index contributed by atoms with van der Waals surface area (Å²) < 4.78 is 38.3. The second kappa shape index (κ2) is 7.28. The van der Waals surface area contributed by atoms with Crippen LogP contribution in [-0.4, -0.2) is 19.0 Å². The van der Waals surface area contributed by atoms with E-state index >= 15 is 0 Å². The van der Waals surface area contributed by atoms with Crippen LogP contribution >= 0.6 is 0 Å². The van der Waals surface area contributed by atoms with Gasteiger partial charge in [-0.1, -0.05) is 19.1 Å². The van der Waals surface area contributed by atoms with Crippen LogP contribution in [0.4, 0.5) is 13.2 Å². The van der Waals surface area contributed by atoms with Crippen LogP contribution in [0, 0.1) is 5.92 Å². The first-order valence-electron chi connectivity index (χ1n) is 6.50. The summed E-state index contributed by atoms with van der Waals surface area (Å²) in [5, 5.41) is 2.51. The summed E-state index contributed by atoms with van der Waals surface area (Å²) in [6, 6.07) is 4.77.